The van der Waals surface area contributed by atoms with E-state index in [1.54, 1.807) is 4.90 Å². The third kappa shape index (κ3) is 4.20. The largest absolute Gasteiger partial charge is 0.506 e. The molecule has 2 rings (SSSR count). The fourth-order valence-corrected chi connectivity index (χ4v) is 2.72. The molecule has 1 aliphatic heterocycles. The van der Waals surface area contributed by atoms with Gasteiger partial charge in [-0.05, 0) is 25.0 Å². The summed E-state index contributed by atoms with van der Waals surface area (Å²) >= 11 is 5.86. The van der Waals surface area contributed by atoms with Crippen LogP contribution in [-0.2, 0) is 9.59 Å². The van der Waals surface area contributed by atoms with Crippen LogP contribution in [0.1, 0.15) is 23.2 Å². The normalized spacial score (nSPS) is 17.1. The number of hydrogen-bond acceptors (Lipinski definition) is 5. The molecule has 3 N–H and O–H groups in total. The summed E-state index contributed by atoms with van der Waals surface area (Å²) in [6.45, 7) is 0.585. The number of phenols is 1. The Kier molecular flexibility index (Phi) is 5.95. The minimum atomic E-state index is -0.532. The lowest BCUT2D eigenvalue weighted by atomic mass is 10.2. The first-order valence-corrected chi connectivity index (χ1v) is 7.64. The maximum absolute atomic E-state index is 12.2. The van der Waals surface area contributed by atoms with Crippen LogP contribution in [-0.4, -0.2) is 53.9 Å². The molecule has 1 aromatic carbocycles. The second kappa shape index (κ2) is 7.94. The number of amides is 2. The lowest BCUT2D eigenvalue weighted by Crippen LogP contribution is -2.48. The van der Waals surface area contributed by atoms with Crippen LogP contribution < -0.4 is 10.6 Å². The van der Waals surface area contributed by atoms with E-state index >= 15 is 0 Å². The highest BCUT2D eigenvalue weighted by Gasteiger charge is 2.28. The Morgan fingerprint density at radius 3 is 2.96 bits per heavy atom. The molecule has 1 aliphatic rings. The molecule has 1 fully saturated rings. The fourth-order valence-electron chi connectivity index (χ4n) is 2.51. The molecule has 1 atom stereocenters. The topological polar surface area (TPSA) is 98.7 Å². The van der Waals surface area contributed by atoms with E-state index in [1.807, 2.05) is 0 Å². The number of carbonyl (C=O) groups is 3. The number of phenolic OH excluding ortho intramolecular Hbond substituents is 1. The van der Waals surface area contributed by atoms with Crippen LogP contribution in [0.5, 0.6) is 5.75 Å². The molecule has 0 bridgehead atoms. The monoisotopic (exact) mass is 339 g/mol. The smallest absolute Gasteiger partial charge is 0.253 e. The van der Waals surface area contributed by atoms with E-state index in [2.05, 4.69) is 10.6 Å². The van der Waals surface area contributed by atoms with Gasteiger partial charge in [-0.2, -0.15) is 0 Å². The lowest BCUT2D eigenvalue weighted by Gasteiger charge is -2.25. The Hall–Kier alpha value is -2.12. The van der Waals surface area contributed by atoms with E-state index in [0.29, 0.717) is 6.54 Å². The molecular formula is C15H18ClN3O4. The third-order valence-electron chi connectivity index (χ3n) is 3.63. The van der Waals surface area contributed by atoms with Gasteiger partial charge < -0.3 is 20.1 Å². The van der Waals surface area contributed by atoms with Gasteiger partial charge in [0.1, 0.15) is 12.0 Å². The lowest BCUT2D eigenvalue weighted by molar-refractivity contribution is -0.131. The number of likely N-dealkylation sites (tertiary alicyclic amines) is 1. The minimum Gasteiger partial charge on any atom is -0.506 e. The molecule has 0 saturated carbocycles. The summed E-state index contributed by atoms with van der Waals surface area (Å²) in [6, 6.07) is 4.34. The molecule has 1 saturated heterocycles. The maximum Gasteiger partial charge on any atom is 0.253 e. The zero-order valence-electron chi connectivity index (χ0n) is 12.4. The van der Waals surface area contributed by atoms with Crippen molar-refractivity contribution in [2.75, 3.05) is 19.6 Å². The van der Waals surface area contributed by atoms with Gasteiger partial charge in [0.15, 0.2) is 0 Å². The molecule has 124 valence electrons. The summed E-state index contributed by atoms with van der Waals surface area (Å²) in [4.78, 5) is 36.3. The van der Waals surface area contributed by atoms with Gasteiger partial charge in [0.25, 0.3) is 5.91 Å². The molecule has 0 spiro atoms. The Balaban J connectivity index is 1.92. The Bertz CT molecular complexity index is 608. The highest BCUT2D eigenvalue weighted by molar-refractivity contribution is 6.35. The quantitative estimate of drug-likeness (QED) is 0.656. The van der Waals surface area contributed by atoms with Crippen LogP contribution in [0, 0.1) is 0 Å². The zero-order valence-corrected chi connectivity index (χ0v) is 13.2. The predicted molar refractivity (Wildman–Crippen MR) is 84.3 cm³/mol. The summed E-state index contributed by atoms with van der Waals surface area (Å²) in [7, 11) is 0. The Morgan fingerprint density at radius 1 is 1.43 bits per heavy atom. The third-order valence-corrected chi connectivity index (χ3v) is 4.03. The number of aldehydes is 1. The average molecular weight is 340 g/mol. The molecule has 0 aromatic heterocycles. The van der Waals surface area contributed by atoms with Gasteiger partial charge >= 0.3 is 0 Å². The minimum absolute atomic E-state index is 0.0517. The number of nitrogens with zero attached hydrogens (tertiary/aromatic N) is 1. The van der Waals surface area contributed by atoms with E-state index < -0.39 is 5.91 Å². The van der Waals surface area contributed by atoms with Crippen LogP contribution >= 0.6 is 11.6 Å². The number of nitrogens with one attached hydrogen (secondary N) is 2. The van der Waals surface area contributed by atoms with Gasteiger partial charge in [0, 0.05) is 6.54 Å². The van der Waals surface area contributed by atoms with E-state index in [0.717, 1.165) is 19.1 Å². The van der Waals surface area contributed by atoms with Crippen LogP contribution in [0.4, 0.5) is 0 Å². The highest BCUT2D eigenvalue weighted by atomic mass is 35.5. The predicted octanol–water partition coefficient (Wildman–Crippen LogP) is 0.512. The highest BCUT2D eigenvalue weighted by Crippen LogP contribution is 2.26. The van der Waals surface area contributed by atoms with Crippen molar-refractivity contribution in [2.45, 2.75) is 19.0 Å². The van der Waals surface area contributed by atoms with Gasteiger partial charge in [-0.1, -0.05) is 17.7 Å². The van der Waals surface area contributed by atoms with Crippen molar-refractivity contribution in [1.29, 1.82) is 0 Å². The van der Waals surface area contributed by atoms with Gasteiger partial charge in [-0.3, -0.25) is 14.9 Å². The molecule has 0 radical (unpaired) electrons. The van der Waals surface area contributed by atoms with Crippen LogP contribution in [0.25, 0.3) is 0 Å². The first-order valence-electron chi connectivity index (χ1n) is 7.26. The number of benzene rings is 1. The number of aromatic hydroxyl groups is 1. The van der Waals surface area contributed by atoms with Gasteiger partial charge in [0.2, 0.25) is 5.91 Å². The molecule has 23 heavy (non-hydrogen) atoms. The van der Waals surface area contributed by atoms with Gasteiger partial charge in [-0.25, -0.2) is 0 Å². The average Bonchev–Trinajstić information content (AvgIpc) is 3.01. The molecule has 7 nitrogen and oxygen atoms in total. The molecule has 1 heterocycles. The maximum atomic E-state index is 12.2. The van der Waals surface area contributed by atoms with Crippen molar-refractivity contribution in [3.8, 4) is 5.75 Å². The molecule has 2 amide bonds. The van der Waals surface area contributed by atoms with Crippen molar-refractivity contribution in [3.05, 3.63) is 28.8 Å². The number of halogens is 1. The number of rotatable bonds is 6. The zero-order chi connectivity index (χ0) is 16.8. The second-order valence-electron chi connectivity index (χ2n) is 5.14. The standard InChI is InChI=1S/C15H18ClN3O4/c16-14-10(3-1-4-11(14)21)15(23)18-9-13(22)19-7-2-5-12(19)17-6-8-20/h1,3-4,8,12,17,21H,2,5-7,9H2,(H,18,23). The molecule has 1 unspecified atom stereocenters. The summed E-state index contributed by atoms with van der Waals surface area (Å²) in [5.74, 6) is -0.963. The first kappa shape index (κ1) is 17.2. The number of hydrogen-bond donors (Lipinski definition) is 3. The Morgan fingerprint density at radius 2 is 2.22 bits per heavy atom. The summed E-state index contributed by atoms with van der Waals surface area (Å²) in [5.41, 5.74) is 0.108. The molecular weight excluding hydrogens is 322 g/mol. The van der Waals surface area contributed by atoms with Crippen LogP contribution in [0.3, 0.4) is 0 Å². The first-order chi connectivity index (χ1) is 11.0. The number of carbonyl (C=O) groups excluding carboxylic acids is 3. The van der Waals surface area contributed by atoms with E-state index in [4.69, 9.17) is 11.6 Å². The second-order valence-corrected chi connectivity index (χ2v) is 5.52. The SMILES string of the molecule is O=CCNC1CCCN1C(=O)CNC(=O)c1cccc(O)c1Cl. The summed E-state index contributed by atoms with van der Waals surface area (Å²) < 4.78 is 0. The summed E-state index contributed by atoms with van der Waals surface area (Å²) in [5, 5.41) is 14.9. The van der Waals surface area contributed by atoms with Crippen molar-refractivity contribution in [1.82, 2.24) is 15.5 Å². The molecule has 0 aliphatic carbocycles. The van der Waals surface area contributed by atoms with Gasteiger partial charge in [-0.15, -0.1) is 0 Å². The van der Waals surface area contributed by atoms with Crippen molar-refractivity contribution in [3.63, 3.8) is 0 Å². The van der Waals surface area contributed by atoms with Crippen molar-refractivity contribution >= 4 is 29.7 Å². The van der Waals surface area contributed by atoms with Crippen LogP contribution in [0.15, 0.2) is 18.2 Å². The van der Waals surface area contributed by atoms with Crippen LogP contribution in [0.2, 0.25) is 5.02 Å². The van der Waals surface area contributed by atoms with E-state index in [1.165, 1.54) is 18.2 Å². The molecule has 1 aromatic rings. The van der Waals surface area contributed by atoms with Gasteiger partial charge in [0.05, 0.1) is 29.8 Å². The van der Waals surface area contributed by atoms with E-state index in [9.17, 15) is 19.5 Å². The van der Waals surface area contributed by atoms with E-state index in [-0.39, 0.29) is 41.5 Å². The fraction of sp³-hybridized carbons (Fsp3) is 0.400. The Labute approximate surface area is 138 Å². The van der Waals surface area contributed by atoms with Crippen molar-refractivity contribution in [2.24, 2.45) is 0 Å². The summed E-state index contributed by atoms with van der Waals surface area (Å²) in [6.07, 6.45) is 2.17. The van der Waals surface area contributed by atoms with Crippen molar-refractivity contribution < 1.29 is 19.5 Å². The molecule has 8 heteroatoms.